The zero-order chi connectivity index (χ0) is 7.30. The predicted octanol–water partition coefficient (Wildman–Crippen LogP) is -0.232. The summed E-state index contributed by atoms with van der Waals surface area (Å²) in [6, 6.07) is 0. The second kappa shape index (κ2) is 2.04. The first-order valence-corrected chi connectivity index (χ1v) is 3.88. The van der Waals surface area contributed by atoms with E-state index in [4.69, 9.17) is 9.84 Å². The SMILES string of the molecule is O[C@@H]1C(Br)=C[C@H](O)[C@@H]2O[C@@H]21. The Kier molecular flexibility index (Phi) is 1.39. The van der Waals surface area contributed by atoms with Crippen molar-refractivity contribution in [1.29, 1.82) is 0 Å². The van der Waals surface area contributed by atoms with E-state index in [0.717, 1.165) is 0 Å². The van der Waals surface area contributed by atoms with Crippen LogP contribution in [0, 0.1) is 0 Å². The highest BCUT2D eigenvalue weighted by Crippen LogP contribution is 2.38. The van der Waals surface area contributed by atoms with Crippen molar-refractivity contribution in [1.82, 2.24) is 0 Å². The van der Waals surface area contributed by atoms with Gasteiger partial charge in [0.2, 0.25) is 0 Å². The maximum absolute atomic E-state index is 9.25. The number of epoxide rings is 1. The number of aliphatic hydroxyl groups is 2. The van der Waals surface area contributed by atoms with Gasteiger partial charge in [-0.15, -0.1) is 0 Å². The zero-order valence-corrected chi connectivity index (χ0v) is 6.65. The van der Waals surface area contributed by atoms with Crippen LogP contribution >= 0.6 is 15.9 Å². The highest BCUT2D eigenvalue weighted by atomic mass is 79.9. The van der Waals surface area contributed by atoms with Crippen molar-refractivity contribution >= 4 is 15.9 Å². The third-order valence-electron chi connectivity index (χ3n) is 1.82. The van der Waals surface area contributed by atoms with Gasteiger partial charge in [-0.3, -0.25) is 0 Å². The predicted molar refractivity (Wildman–Crippen MR) is 37.7 cm³/mol. The fourth-order valence-electron chi connectivity index (χ4n) is 1.18. The Labute approximate surface area is 66.4 Å². The molecule has 1 heterocycles. The molecule has 2 rings (SSSR count). The molecule has 4 atom stereocenters. The Bertz CT molecular complexity index is 191. The molecule has 0 aromatic carbocycles. The molecule has 1 aliphatic carbocycles. The molecule has 1 saturated heterocycles. The molecule has 3 nitrogen and oxygen atoms in total. The lowest BCUT2D eigenvalue weighted by Crippen LogP contribution is -2.28. The van der Waals surface area contributed by atoms with Crippen molar-refractivity contribution in [3.63, 3.8) is 0 Å². The Morgan fingerprint density at radius 2 is 2.10 bits per heavy atom. The van der Waals surface area contributed by atoms with E-state index in [-0.39, 0.29) is 12.2 Å². The summed E-state index contributed by atoms with van der Waals surface area (Å²) in [7, 11) is 0. The molecule has 0 unspecified atom stereocenters. The van der Waals surface area contributed by atoms with E-state index in [1.165, 1.54) is 0 Å². The molecule has 10 heavy (non-hydrogen) atoms. The summed E-state index contributed by atoms with van der Waals surface area (Å²) in [5.41, 5.74) is 0. The number of rotatable bonds is 0. The van der Waals surface area contributed by atoms with Crippen LogP contribution < -0.4 is 0 Å². The van der Waals surface area contributed by atoms with Gasteiger partial charge in [0.15, 0.2) is 0 Å². The second-order valence-corrected chi connectivity index (χ2v) is 3.47. The quantitative estimate of drug-likeness (QED) is 0.539. The molecule has 0 amide bonds. The lowest BCUT2D eigenvalue weighted by atomic mass is 10.0. The summed E-state index contributed by atoms with van der Waals surface area (Å²) in [6.07, 6.45) is 0.0839. The van der Waals surface area contributed by atoms with Crippen LogP contribution in [0.3, 0.4) is 0 Å². The van der Waals surface area contributed by atoms with Crippen molar-refractivity contribution in [2.75, 3.05) is 0 Å². The zero-order valence-electron chi connectivity index (χ0n) is 5.07. The van der Waals surface area contributed by atoms with Crippen molar-refractivity contribution < 1.29 is 14.9 Å². The highest BCUT2D eigenvalue weighted by molar-refractivity contribution is 9.11. The first-order valence-electron chi connectivity index (χ1n) is 3.09. The van der Waals surface area contributed by atoms with Gasteiger partial charge in [-0.1, -0.05) is 15.9 Å². The summed E-state index contributed by atoms with van der Waals surface area (Å²) in [4.78, 5) is 0. The van der Waals surface area contributed by atoms with Crippen LogP contribution in [0.25, 0.3) is 0 Å². The van der Waals surface area contributed by atoms with Crippen molar-refractivity contribution in [3.05, 3.63) is 10.6 Å². The van der Waals surface area contributed by atoms with Gasteiger partial charge in [-0.25, -0.2) is 0 Å². The van der Waals surface area contributed by atoms with E-state index in [0.29, 0.717) is 4.48 Å². The second-order valence-electron chi connectivity index (χ2n) is 2.55. The summed E-state index contributed by atoms with van der Waals surface area (Å²) in [5, 5.41) is 18.4. The molecule has 0 aromatic rings. The van der Waals surface area contributed by atoms with E-state index in [1.54, 1.807) is 6.08 Å². The van der Waals surface area contributed by atoms with Crippen LogP contribution in [0.1, 0.15) is 0 Å². The molecule has 0 aromatic heterocycles. The third-order valence-corrected chi connectivity index (χ3v) is 2.56. The fraction of sp³-hybridized carbons (Fsp3) is 0.667. The minimum atomic E-state index is -0.576. The van der Waals surface area contributed by atoms with E-state index in [1.807, 2.05) is 0 Å². The number of fused-ring (bicyclic) bond motifs is 1. The molecule has 56 valence electrons. The van der Waals surface area contributed by atoms with E-state index in [9.17, 15) is 5.11 Å². The van der Waals surface area contributed by atoms with Gasteiger partial charge < -0.3 is 14.9 Å². The standard InChI is InChI=1S/C6H7BrO3/c7-2-1-3(8)5-6(10-5)4(2)9/h1,3-6,8-9H/t3-,4+,5-,6+/m0/s1. The number of hydrogen-bond donors (Lipinski definition) is 2. The molecule has 0 bridgehead atoms. The first kappa shape index (κ1) is 6.79. The smallest absolute Gasteiger partial charge is 0.118 e. The normalized spacial score (nSPS) is 51.7. The number of ether oxygens (including phenoxy) is 1. The van der Waals surface area contributed by atoms with Crippen LogP contribution in [0.5, 0.6) is 0 Å². The van der Waals surface area contributed by atoms with Gasteiger partial charge in [0.1, 0.15) is 24.4 Å². The maximum Gasteiger partial charge on any atom is 0.118 e. The third kappa shape index (κ3) is 0.836. The number of hydrogen-bond acceptors (Lipinski definition) is 3. The van der Waals surface area contributed by atoms with Crippen LogP contribution in [0.2, 0.25) is 0 Å². The topological polar surface area (TPSA) is 53.0 Å². The molecule has 1 fully saturated rings. The maximum atomic E-state index is 9.25. The van der Waals surface area contributed by atoms with E-state index >= 15 is 0 Å². The molecule has 0 saturated carbocycles. The fourth-order valence-corrected chi connectivity index (χ4v) is 1.71. The summed E-state index contributed by atoms with van der Waals surface area (Å²) < 4.78 is 5.61. The average Bonchev–Trinajstić information content (AvgIpc) is 2.61. The molecule has 0 spiro atoms. The Balaban J connectivity index is 2.22. The molecular weight excluding hydrogens is 200 g/mol. The monoisotopic (exact) mass is 206 g/mol. The molecule has 2 aliphatic rings. The molecule has 1 aliphatic heterocycles. The Morgan fingerprint density at radius 3 is 2.80 bits per heavy atom. The van der Waals surface area contributed by atoms with Crippen molar-refractivity contribution in [2.45, 2.75) is 24.4 Å². The van der Waals surface area contributed by atoms with Crippen LogP contribution in [0.4, 0.5) is 0 Å². The Hall–Kier alpha value is 0.1000. The van der Waals surface area contributed by atoms with Crippen LogP contribution in [0.15, 0.2) is 10.6 Å². The average molecular weight is 207 g/mol. The van der Waals surface area contributed by atoms with Gasteiger partial charge in [-0.2, -0.15) is 0 Å². The van der Waals surface area contributed by atoms with E-state index in [2.05, 4.69) is 15.9 Å². The lowest BCUT2D eigenvalue weighted by molar-refractivity contribution is 0.171. The summed E-state index contributed by atoms with van der Waals surface area (Å²) >= 11 is 3.13. The lowest BCUT2D eigenvalue weighted by Gasteiger charge is -2.13. The number of aliphatic hydroxyl groups excluding tert-OH is 2. The van der Waals surface area contributed by atoms with Gasteiger partial charge >= 0.3 is 0 Å². The summed E-state index contributed by atoms with van der Waals surface area (Å²) in [5.74, 6) is 0. The molecule has 4 heteroatoms. The highest BCUT2D eigenvalue weighted by Gasteiger charge is 2.52. The minimum Gasteiger partial charge on any atom is -0.386 e. The summed E-state index contributed by atoms with van der Waals surface area (Å²) in [6.45, 7) is 0. The van der Waals surface area contributed by atoms with Gasteiger partial charge in [0.05, 0.1) is 0 Å². The van der Waals surface area contributed by atoms with Crippen LogP contribution in [-0.2, 0) is 4.74 Å². The van der Waals surface area contributed by atoms with Gasteiger partial charge in [-0.05, 0) is 6.08 Å². The van der Waals surface area contributed by atoms with E-state index < -0.39 is 12.2 Å². The van der Waals surface area contributed by atoms with Crippen molar-refractivity contribution in [2.24, 2.45) is 0 Å². The minimum absolute atomic E-state index is 0.170. The Morgan fingerprint density at radius 1 is 1.40 bits per heavy atom. The van der Waals surface area contributed by atoms with Gasteiger partial charge in [0.25, 0.3) is 0 Å². The molecule has 0 radical (unpaired) electrons. The van der Waals surface area contributed by atoms with Crippen LogP contribution in [-0.4, -0.2) is 34.6 Å². The van der Waals surface area contributed by atoms with Crippen molar-refractivity contribution in [3.8, 4) is 0 Å². The molecular formula is C6H7BrO3. The number of halogens is 1. The molecule has 2 N–H and O–H groups in total. The van der Waals surface area contributed by atoms with Gasteiger partial charge in [0, 0.05) is 4.48 Å². The first-order chi connectivity index (χ1) is 4.70. The largest absolute Gasteiger partial charge is 0.386 e.